The Hall–Kier alpha value is -2.51. The van der Waals surface area contributed by atoms with Crippen LogP contribution in [0.15, 0.2) is 71.1 Å². The zero-order chi connectivity index (χ0) is 21.6. The van der Waals surface area contributed by atoms with Gasteiger partial charge >= 0.3 is 0 Å². The molecular weight excluding hydrogens is 397 g/mol. The van der Waals surface area contributed by atoms with E-state index >= 15 is 0 Å². The molecule has 2 aliphatic rings. The number of halogens is 1. The van der Waals surface area contributed by atoms with Crippen molar-refractivity contribution in [2.45, 2.75) is 26.2 Å². The molecule has 0 bridgehead atoms. The molecule has 0 saturated carbocycles. The van der Waals surface area contributed by atoms with Crippen LogP contribution >= 0.6 is 11.9 Å². The van der Waals surface area contributed by atoms with Crippen LogP contribution in [-0.4, -0.2) is 30.2 Å². The first kappa shape index (κ1) is 22.2. The molecule has 0 radical (unpaired) electrons. The van der Waals surface area contributed by atoms with Crippen molar-refractivity contribution in [3.63, 3.8) is 0 Å². The predicted molar refractivity (Wildman–Crippen MR) is 126 cm³/mol. The highest BCUT2D eigenvalue weighted by molar-refractivity contribution is 8.00. The van der Waals surface area contributed by atoms with E-state index < -0.39 is 0 Å². The standard InChI is InChI=1S/C23H30FN5S/c1-3-10-27-15-22(26)30-29-11-9-18-12-21(28-20-7-5-19(24)6-8-20)17(14-25)13-23(18,4-2)16-29/h4-8,12,14-15,25,27-28H,2-3,9-11,13,16,26H2,1H3/b22-15+,25-14?. The highest BCUT2D eigenvalue weighted by Gasteiger charge is 2.40. The van der Waals surface area contributed by atoms with Gasteiger partial charge in [-0.2, -0.15) is 0 Å². The molecule has 5 nitrogen and oxygen atoms in total. The highest BCUT2D eigenvalue weighted by atomic mass is 32.2. The molecular formula is C23H30FN5S. The van der Waals surface area contributed by atoms with Gasteiger partial charge in [0.1, 0.15) is 5.82 Å². The molecule has 3 rings (SSSR count). The summed E-state index contributed by atoms with van der Waals surface area (Å²) in [5.41, 5.74) is 9.86. The highest BCUT2D eigenvalue weighted by Crippen LogP contribution is 2.47. The van der Waals surface area contributed by atoms with Gasteiger partial charge in [0.2, 0.25) is 0 Å². The topological polar surface area (TPSA) is 77.2 Å². The fourth-order valence-corrected chi connectivity index (χ4v) is 4.76. The number of hydrogen-bond acceptors (Lipinski definition) is 6. The van der Waals surface area contributed by atoms with Gasteiger partial charge in [-0.05, 0) is 67.1 Å². The van der Waals surface area contributed by atoms with Crippen LogP contribution in [0, 0.1) is 16.6 Å². The molecule has 1 unspecified atom stereocenters. The summed E-state index contributed by atoms with van der Waals surface area (Å²) in [7, 11) is 0. The van der Waals surface area contributed by atoms with Crippen LogP contribution in [0.25, 0.3) is 0 Å². The smallest absolute Gasteiger partial charge is 0.123 e. The van der Waals surface area contributed by atoms with Gasteiger partial charge in [0, 0.05) is 48.8 Å². The van der Waals surface area contributed by atoms with Gasteiger partial charge in [-0.3, -0.25) is 0 Å². The Morgan fingerprint density at radius 3 is 2.83 bits per heavy atom. The van der Waals surface area contributed by atoms with Crippen molar-refractivity contribution >= 4 is 23.8 Å². The van der Waals surface area contributed by atoms with Gasteiger partial charge in [0.15, 0.2) is 0 Å². The Labute approximate surface area is 182 Å². The van der Waals surface area contributed by atoms with Gasteiger partial charge in [-0.25, -0.2) is 8.70 Å². The van der Waals surface area contributed by atoms with Crippen molar-refractivity contribution in [1.29, 1.82) is 5.41 Å². The Kier molecular flexibility index (Phi) is 7.39. The third-order valence-electron chi connectivity index (χ3n) is 5.46. The van der Waals surface area contributed by atoms with Crippen LogP contribution < -0.4 is 16.4 Å². The van der Waals surface area contributed by atoms with E-state index in [1.54, 1.807) is 24.1 Å². The molecule has 1 aliphatic heterocycles. The van der Waals surface area contributed by atoms with Crippen molar-refractivity contribution in [3.05, 3.63) is 76.9 Å². The molecule has 30 heavy (non-hydrogen) atoms. The van der Waals surface area contributed by atoms with E-state index in [1.165, 1.54) is 23.9 Å². The molecule has 7 heteroatoms. The second-order valence-electron chi connectivity index (χ2n) is 7.63. The largest absolute Gasteiger partial charge is 0.391 e. The lowest BCUT2D eigenvalue weighted by molar-refractivity contribution is 0.278. The summed E-state index contributed by atoms with van der Waals surface area (Å²) in [5, 5.41) is 15.3. The first-order chi connectivity index (χ1) is 14.5. The summed E-state index contributed by atoms with van der Waals surface area (Å²) in [4.78, 5) is 0. The fourth-order valence-electron chi connectivity index (χ4n) is 3.85. The summed E-state index contributed by atoms with van der Waals surface area (Å²) in [6.07, 6.45) is 10.1. The van der Waals surface area contributed by atoms with Crippen LogP contribution in [0.1, 0.15) is 26.2 Å². The van der Waals surface area contributed by atoms with E-state index in [0.29, 0.717) is 6.42 Å². The average Bonchev–Trinajstić information content (AvgIpc) is 2.75. The van der Waals surface area contributed by atoms with E-state index in [0.717, 1.165) is 54.5 Å². The number of anilines is 1. The number of nitrogens with zero attached hydrogens (tertiary/aromatic N) is 1. The van der Waals surface area contributed by atoms with Gasteiger partial charge < -0.3 is 21.8 Å². The van der Waals surface area contributed by atoms with E-state index in [1.807, 2.05) is 12.3 Å². The SMILES string of the molecule is C=CC12CC(C=N)=C(Nc3ccc(F)cc3)C=C1CCN(S/C(N)=C/NCCC)C2. The van der Waals surface area contributed by atoms with Gasteiger partial charge in [0.05, 0.1) is 5.03 Å². The third-order valence-corrected chi connectivity index (χ3v) is 6.36. The van der Waals surface area contributed by atoms with Crippen molar-refractivity contribution < 1.29 is 4.39 Å². The van der Waals surface area contributed by atoms with Gasteiger partial charge in [0.25, 0.3) is 0 Å². The summed E-state index contributed by atoms with van der Waals surface area (Å²) >= 11 is 1.56. The lowest BCUT2D eigenvalue weighted by Gasteiger charge is -2.45. The van der Waals surface area contributed by atoms with Crippen LogP contribution in [0.3, 0.4) is 0 Å². The molecule has 0 amide bonds. The number of allylic oxidation sites excluding steroid dienone is 2. The minimum absolute atomic E-state index is 0.219. The number of benzene rings is 1. The molecule has 0 aromatic heterocycles. The lowest BCUT2D eigenvalue weighted by atomic mass is 9.69. The molecule has 5 N–H and O–H groups in total. The normalized spacial score (nSPS) is 22.2. The maximum atomic E-state index is 13.2. The quantitative estimate of drug-likeness (QED) is 0.198. The summed E-state index contributed by atoms with van der Waals surface area (Å²) in [6, 6.07) is 6.28. The second kappa shape index (κ2) is 10.00. The number of fused-ring (bicyclic) bond motifs is 1. The molecule has 1 saturated heterocycles. The zero-order valence-corrected chi connectivity index (χ0v) is 18.2. The van der Waals surface area contributed by atoms with Crippen molar-refractivity contribution in [2.24, 2.45) is 11.1 Å². The monoisotopic (exact) mass is 427 g/mol. The Bertz CT molecular complexity index is 874. The van der Waals surface area contributed by atoms with Crippen LogP contribution in [0.4, 0.5) is 10.1 Å². The fraction of sp³-hybridized carbons (Fsp3) is 0.348. The summed E-state index contributed by atoms with van der Waals surface area (Å²) in [6.45, 7) is 8.82. The molecule has 1 aromatic rings. The van der Waals surface area contributed by atoms with Crippen molar-refractivity contribution in [1.82, 2.24) is 9.62 Å². The maximum Gasteiger partial charge on any atom is 0.123 e. The molecule has 160 valence electrons. The average molecular weight is 428 g/mol. The first-order valence-electron chi connectivity index (χ1n) is 10.2. The van der Waals surface area contributed by atoms with Crippen molar-refractivity contribution in [3.8, 4) is 0 Å². The van der Waals surface area contributed by atoms with E-state index in [4.69, 9.17) is 11.1 Å². The van der Waals surface area contributed by atoms with Crippen molar-refractivity contribution in [2.75, 3.05) is 25.0 Å². The summed E-state index contributed by atoms with van der Waals surface area (Å²) < 4.78 is 15.5. The van der Waals surface area contributed by atoms with Crippen LogP contribution in [0.2, 0.25) is 0 Å². The first-order valence-corrected chi connectivity index (χ1v) is 11.0. The number of piperidine rings is 1. The number of nitrogens with two attached hydrogens (primary N) is 1. The molecule has 1 fully saturated rings. The lowest BCUT2D eigenvalue weighted by Crippen LogP contribution is -2.42. The molecule has 1 aliphatic carbocycles. The minimum Gasteiger partial charge on any atom is -0.391 e. The third kappa shape index (κ3) is 5.15. The van der Waals surface area contributed by atoms with Crippen LogP contribution in [0.5, 0.6) is 0 Å². The van der Waals surface area contributed by atoms with Crippen LogP contribution in [-0.2, 0) is 0 Å². The molecule has 0 spiro atoms. The van der Waals surface area contributed by atoms with E-state index in [9.17, 15) is 4.39 Å². The van der Waals surface area contributed by atoms with E-state index in [2.05, 4.69) is 34.5 Å². The summed E-state index contributed by atoms with van der Waals surface area (Å²) in [5.74, 6) is -0.266. The molecule has 1 heterocycles. The minimum atomic E-state index is -0.266. The van der Waals surface area contributed by atoms with Gasteiger partial charge in [-0.1, -0.05) is 18.6 Å². The number of hydrogen-bond donors (Lipinski definition) is 4. The number of nitrogens with one attached hydrogen (secondary N) is 3. The Morgan fingerprint density at radius 1 is 1.40 bits per heavy atom. The maximum absolute atomic E-state index is 13.2. The molecule has 1 aromatic carbocycles. The molecule has 1 atom stereocenters. The Morgan fingerprint density at radius 2 is 2.17 bits per heavy atom. The Balaban J connectivity index is 1.76. The predicted octanol–water partition coefficient (Wildman–Crippen LogP) is 4.75. The zero-order valence-electron chi connectivity index (χ0n) is 17.4. The van der Waals surface area contributed by atoms with Gasteiger partial charge in [-0.15, -0.1) is 6.58 Å². The second-order valence-corrected chi connectivity index (χ2v) is 8.80. The number of rotatable bonds is 9. The van der Waals surface area contributed by atoms with E-state index in [-0.39, 0.29) is 11.2 Å².